The molecule has 2 aliphatic carbocycles. The number of nitrogens with zero attached hydrogens (tertiary/aromatic N) is 1. The standard InChI is InChI=1S/C35H51N5O7/c1-33(2,3)26(38-32(47)39-27(31(45)46)34(4,5)6)30(44)40-18-21-23(35(21,7)8)24(40)28(42)37-22(16-19-14-15-19)25(41)29(43)36-17-20-12-10-9-11-13-20/h9-13,19,21-24,26-27H,14-18H2,1-8H3,(H,36,43)(H,37,42)(H,45,46)(H2,38,39,47)/t21-,22?,23?,24-,26+,27?/m0/s1. The van der Waals surface area contributed by atoms with Crippen LogP contribution in [-0.2, 0) is 30.5 Å². The van der Waals surface area contributed by atoms with E-state index in [2.05, 4.69) is 21.3 Å². The van der Waals surface area contributed by atoms with E-state index in [1.54, 1.807) is 41.5 Å². The smallest absolute Gasteiger partial charge is 0.326 e. The van der Waals surface area contributed by atoms with Gasteiger partial charge in [0.1, 0.15) is 18.1 Å². The molecule has 1 aromatic rings. The molecule has 3 unspecified atom stereocenters. The Labute approximate surface area is 277 Å². The minimum atomic E-state index is -1.21. The van der Waals surface area contributed by atoms with Gasteiger partial charge in [-0.25, -0.2) is 9.59 Å². The van der Waals surface area contributed by atoms with E-state index in [9.17, 15) is 33.9 Å². The van der Waals surface area contributed by atoms with E-state index in [4.69, 9.17) is 0 Å². The first-order valence-electron chi connectivity index (χ1n) is 16.5. The molecule has 3 fully saturated rings. The summed E-state index contributed by atoms with van der Waals surface area (Å²) in [6, 6.07) is 4.19. The third kappa shape index (κ3) is 8.31. The fraction of sp³-hybridized carbons (Fsp3) is 0.657. The molecule has 5 N–H and O–H groups in total. The molecular formula is C35H51N5O7. The van der Waals surface area contributed by atoms with Crippen LogP contribution in [0, 0.1) is 34.0 Å². The Hall–Kier alpha value is -3.96. The number of benzene rings is 1. The molecule has 0 bridgehead atoms. The highest BCUT2D eigenvalue weighted by Crippen LogP contribution is 2.65. The van der Waals surface area contributed by atoms with Crippen LogP contribution in [-0.4, -0.2) is 76.2 Å². The monoisotopic (exact) mass is 653 g/mol. The number of rotatable bonds is 12. The number of Topliss-reactive ketones (excluding diaryl/α,β-unsaturated/α-hetero) is 1. The van der Waals surface area contributed by atoms with E-state index in [0.29, 0.717) is 13.0 Å². The van der Waals surface area contributed by atoms with Crippen LogP contribution >= 0.6 is 0 Å². The number of amides is 5. The molecule has 0 spiro atoms. The molecule has 0 aromatic heterocycles. The molecule has 4 rings (SSSR count). The summed E-state index contributed by atoms with van der Waals surface area (Å²) in [5.41, 5.74) is -0.959. The highest BCUT2D eigenvalue weighted by Gasteiger charge is 2.70. The summed E-state index contributed by atoms with van der Waals surface area (Å²) < 4.78 is 0. The number of hydrogen-bond donors (Lipinski definition) is 5. The van der Waals surface area contributed by atoms with E-state index >= 15 is 0 Å². The molecule has 5 amide bonds. The van der Waals surface area contributed by atoms with Crippen LogP contribution in [0.1, 0.15) is 80.2 Å². The topological polar surface area (TPSA) is 174 Å². The first-order valence-corrected chi connectivity index (χ1v) is 16.5. The molecule has 1 heterocycles. The SMILES string of the molecule is CC(C)(C)C(NC(=O)N[C@H](C(=O)N1C[C@H]2C([C@H]1C(=O)NC(CC1CC1)C(=O)C(=O)NCc1ccccc1)C2(C)C)C(C)(C)C)C(=O)O. The zero-order chi connectivity index (χ0) is 35.1. The average molecular weight is 654 g/mol. The van der Waals surface area contributed by atoms with Crippen LogP contribution in [0.25, 0.3) is 0 Å². The Morgan fingerprint density at radius 3 is 2.00 bits per heavy atom. The van der Waals surface area contributed by atoms with Crippen LogP contribution in [0.2, 0.25) is 0 Å². The average Bonchev–Trinajstić information content (AvgIpc) is 3.83. The van der Waals surface area contributed by atoms with Crippen molar-refractivity contribution in [2.24, 2.45) is 34.0 Å². The van der Waals surface area contributed by atoms with Crippen molar-refractivity contribution in [2.45, 2.75) is 105 Å². The van der Waals surface area contributed by atoms with Crippen LogP contribution in [0.5, 0.6) is 0 Å². The molecule has 1 aliphatic heterocycles. The molecule has 258 valence electrons. The zero-order valence-corrected chi connectivity index (χ0v) is 28.8. The minimum absolute atomic E-state index is 0.0423. The van der Waals surface area contributed by atoms with Crippen molar-refractivity contribution in [3.05, 3.63) is 35.9 Å². The van der Waals surface area contributed by atoms with Gasteiger partial charge in [0.25, 0.3) is 5.91 Å². The molecule has 1 aromatic carbocycles. The van der Waals surface area contributed by atoms with Gasteiger partial charge in [0.15, 0.2) is 0 Å². The quantitative estimate of drug-likeness (QED) is 0.216. The lowest BCUT2D eigenvalue weighted by Gasteiger charge is -2.38. The number of hydrogen-bond acceptors (Lipinski definition) is 6. The lowest BCUT2D eigenvalue weighted by atomic mass is 9.85. The number of urea groups is 1. The molecule has 3 aliphatic rings. The normalized spacial score (nSPS) is 23.4. The van der Waals surface area contributed by atoms with Gasteiger partial charge in [-0.2, -0.15) is 0 Å². The van der Waals surface area contributed by atoms with Crippen molar-refractivity contribution >= 4 is 35.5 Å². The fourth-order valence-corrected chi connectivity index (χ4v) is 6.78. The van der Waals surface area contributed by atoms with Gasteiger partial charge in [0, 0.05) is 13.1 Å². The maximum Gasteiger partial charge on any atom is 0.326 e. The zero-order valence-electron chi connectivity index (χ0n) is 28.8. The number of likely N-dealkylation sites (tertiary alicyclic amines) is 1. The van der Waals surface area contributed by atoms with Crippen molar-refractivity contribution in [1.82, 2.24) is 26.2 Å². The number of carboxylic acid groups (broad SMARTS) is 1. The molecule has 1 saturated heterocycles. The summed E-state index contributed by atoms with van der Waals surface area (Å²) in [4.78, 5) is 81.1. The van der Waals surface area contributed by atoms with E-state index < -0.39 is 70.5 Å². The highest BCUT2D eigenvalue weighted by molar-refractivity contribution is 6.38. The summed E-state index contributed by atoms with van der Waals surface area (Å²) in [6.07, 6.45) is 2.17. The number of piperidine rings is 1. The van der Waals surface area contributed by atoms with E-state index in [0.717, 1.165) is 18.4 Å². The van der Waals surface area contributed by atoms with Crippen molar-refractivity contribution in [3.8, 4) is 0 Å². The Bertz CT molecular complexity index is 1390. The fourth-order valence-electron chi connectivity index (χ4n) is 6.78. The number of fused-ring (bicyclic) bond motifs is 1. The largest absolute Gasteiger partial charge is 0.480 e. The van der Waals surface area contributed by atoms with Crippen molar-refractivity contribution in [2.75, 3.05) is 6.54 Å². The van der Waals surface area contributed by atoms with Gasteiger partial charge < -0.3 is 31.3 Å². The van der Waals surface area contributed by atoms with Gasteiger partial charge in [-0.15, -0.1) is 0 Å². The Morgan fingerprint density at radius 1 is 0.894 bits per heavy atom. The molecule has 47 heavy (non-hydrogen) atoms. The summed E-state index contributed by atoms with van der Waals surface area (Å²) in [7, 11) is 0. The van der Waals surface area contributed by atoms with Crippen LogP contribution in [0.4, 0.5) is 4.79 Å². The first-order chi connectivity index (χ1) is 21.7. The number of ketones is 1. The second-order valence-corrected chi connectivity index (χ2v) is 16.2. The maximum absolute atomic E-state index is 14.2. The van der Waals surface area contributed by atoms with E-state index in [1.807, 2.05) is 44.2 Å². The molecular weight excluding hydrogens is 602 g/mol. The number of carboxylic acids is 1. The van der Waals surface area contributed by atoms with E-state index in [1.165, 1.54) is 4.90 Å². The molecule has 12 nitrogen and oxygen atoms in total. The van der Waals surface area contributed by atoms with Gasteiger partial charge in [0.05, 0.1) is 6.04 Å². The summed E-state index contributed by atoms with van der Waals surface area (Å²) >= 11 is 0. The third-order valence-corrected chi connectivity index (χ3v) is 9.96. The van der Waals surface area contributed by atoms with Crippen LogP contribution in [0.3, 0.4) is 0 Å². The minimum Gasteiger partial charge on any atom is -0.480 e. The highest BCUT2D eigenvalue weighted by atomic mass is 16.4. The predicted octanol–water partition coefficient (Wildman–Crippen LogP) is 2.85. The van der Waals surface area contributed by atoms with Gasteiger partial charge in [-0.3, -0.25) is 19.2 Å². The number of nitrogens with one attached hydrogen (secondary N) is 4. The summed E-state index contributed by atoms with van der Waals surface area (Å²) in [6.45, 7) is 15.0. The second-order valence-electron chi connectivity index (χ2n) is 16.2. The predicted molar refractivity (Wildman–Crippen MR) is 175 cm³/mol. The lowest BCUT2D eigenvalue weighted by Crippen LogP contribution is -2.62. The lowest BCUT2D eigenvalue weighted by molar-refractivity contribution is -0.145. The van der Waals surface area contributed by atoms with Crippen molar-refractivity contribution in [1.29, 1.82) is 0 Å². The van der Waals surface area contributed by atoms with Gasteiger partial charge >= 0.3 is 12.0 Å². The van der Waals surface area contributed by atoms with Crippen LogP contribution < -0.4 is 21.3 Å². The molecule has 12 heteroatoms. The van der Waals surface area contributed by atoms with E-state index in [-0.39, 0.29) is 29.7 Å². The number of carbonyl (C=O) groups excluding carboxylic acids is 5. The molecule has 6 atom stereocenters. The van der Waals surface area contributed by atoms with Gasteiger partial charge in [-0.1, -0.05) is 98.6 Å². The van der Waals surface area contributed by atoms with Crippen LogP contribution in [0.15, 0.2) is 30.3 Å². The third-order valence-electron chi connectivity index (χ3n) is 9.96. The summed E-state index contributed by atoms with van der Waals surface area (Å²) in [5.74, 6) is -3.56. The summed E-state index contributed by atoms with van der Waals surface area (Å²) in [5, 5.41) is 20.4. The Kier molecular flexibility index (Phi) is 10.1. The molecule has 0 radical (unpaired) electrons. The Balaban J connectivity index is 1.51. The van der Waals surface area contributed by atoms with Gasteiger partial charge in [0.2, 0.25) is 17.6 Å². The number of carbonyl (C=O) groups is 6. The van der Waals surface area contributed by atoms with Gasteiger partial charge in [-0.05, 0) is 46.0 Å². The maximum atomic E-state index is 14.2. The van der Waals surface area contributed by atoms with Crippen molar-refractivity contribution < 1.29 is 33.9 Å². The molecule has 2 saturated carbocycles. The van der Waals surface area contributed by atoms with Crippen molar-refractivity contribution in [3.63, 3.8) is 0 Å². The Morgan fingerprint density at radius 2 is 1.47 bits per heavy atom. The first kappa shape index (κ1) is 35.9. The number of aliphatic carboxylic acids is 1. The second kappa shape index (κ2) is 13.3.